The first-order valence-corrected chi connectivity index (χ1v) is 12.0. The number of phenolic OH excluding ortho intramolecular Hbond substituents is 2. The Hall–Kier alpha value is -4.09. The quantitative estimate of drug-likeness (QED) is 0.0729. The lowest BCUT2D eigenvalue weighted by atomic mass is 10.0. The number of nitrogens with two attached hydrogens (primary N) is 2. The zero-order chi connectivity index (χ0) is 29.9. The van der Waals surface area contributed by atoms with Crippen LogP contribution in [0.5, 0.6) is 11.5 Å². The summed E-state index contributed by atoms with van der Waals surface area (Å²) in [5.74, 6) is -8.90. The van der Waals surface area contributed by atoms with Crippen LogP contribution in [0.25, 0.3) is 0 Å². The minimum Gasteiger partial charge on any atom is -0.504 e. The van der Waals surface area contributed by atoms with E-state index in [4.69, 9.17) is 16.6 Å². The molecule has 216 valence electrons. The fourth-order valence-corrected chi connectivity index (χ4v) is 3.53. The average Bonchev–Trinajstić information content (AvgIpc) is 2.85. The van der Waals surface area contributed by atoms with Gasteiger partial charge < -0.3 is 47.6 Å². The lowest BCUT2D eigenvalue weighted by Gasteiger charge is -2.27. The van der Waals surface area contributed by atoms with Crippen LogP contribution in [0.1, 0.15) is 24.8 Å². The number of nitrogens with zero attached hydrogens (tertiary/aromatic N) is 1. The molecule has 3 amide bonds. The SMILES string of the molecule is NCCC(=O)NC(Cc1cc(O)c(O)c(N(CC(=O)O)C(=O)C(CS)NC(=O)CCC(N)C(=O)O)c1)C(=O)O. The Balaban J connectivity index is 3.32. The minimum absolute atomic E-state index is 0.00180. The molecule has 0 bridgehead atoms. The van der Waals surface area contributed by atoms with Crippen molar-refractivity contribution in [2.24, 2.45) is 11.5 Å². The van der Waals surface area contributed by atoms with Crippen LogP contribution in [0.3, 0.4) is 0 Å². The Kier molecular flexibility index (Phi) is 13.0. The van der Waals surface area contributed by atoms with E-state index in [2.05, 4.69) is 23.3 Å². The number of rotatable bonds is 16. The van der Waals surface area contributed by atoms with E-state index >= 15 is 0 Å². The smallest absolute Gasteiger partial charge is 0.326 e. The van der Waals surface area contributed by atoms with E-state index in [1.54, 1.807) is 0 Å². The lowest BCUT2D eigenvalue weighted by Crippen LogP contribution is -2.51. The zero-order valence-electron chi connectivity index (χ0n) is 20.6. The molecule has 0 aromatic heterocycles. The molecule has 0 aliphatic heterocycles. The van der Waals surface area contributed by atoms with Gasteiger partial charge in [0.25, 0.3) is 5.91 Å². The highest BCUT2D eigenvalue weighted by Gasteiger charge is 2.31. The maximum Gasteiger partial charge on any atom is 0.326 e. The summed E-state index contributed by atoms with van der Waals surface area (Å²) in [5, 5.41) is 52.9. The van der Waals surface area contributed by atoms with Crippen LogP contribution in [0, 0.1) is 0 Å². The number of benzene rings is 1. The summed E-state index contributed by atoms with van der Waals surface area (Å²) < 4.78 is 0. The van der Waals surface area contributed by atoms with Crippen LogP contribution in [-0.4, -0.2) is 98.1 Å². The molecule has 0 fully saturated rings. The molecule has 39 heavy (non-hydrogen) atoms. The van der Waals surface area contributed by atoms with Crippen LogP contribution >= 0.6 is 12.6 Å². The topological polar surface area (TPSA) is 283 Å². The summed E-state index contributed by atoms with van der Waals surface area (Å²) in [6.45, 7) is -1.08. The fraction of sp³-hybridized carbons (Fsp3) is 0.455. The molecule has 0 heterocycles. The summed E-state index contributed by atoms with van der Waals surface area (Å²) in [7, 11) is 0. The number of phenols is 2. The molecule has 3 unspecified atom stereocenters. The van der Waals surface area contributed by atoms with Gasteiger partial charge in [-0.1, -0.05) is 0 Å². The summed E-state index contributed by atoms with van der Waals surface area (Å²) in [4.78, 5) is 71.9. The number of carboxylic acid groups (broad SMARTS) is 3. The Morgan fingerprint density at radius 2 is 1.51 bits per heavy atom. The van der Waals surface area contributed by atoms with Gasteiger partial charge in [-0.05, 0) is 24.1 Å². The van der Waals surface area contributed by atoms with Gasteiger partial charge >= 0.3 is 17.9 Å². The third-order valence-corrected chi connectivity index (χ3v) is 5.60. The molecule has 11 N–H and O–H groups in total. The third-order valence-electron chi connectivity index (χ3n) is 5.24. The summed E-state index contributed by atoms with van der Waals surface area (Å²) in [6, 6.07) is -2.26. The van der Waals surface area contributed by atoms with Crippen LogP contribution < -0.4 is 27.0 Å². The van der Waals surface area contributed by atoms with Crippen LogP contribution in [0.15, 0.2) is 12.1 Å². The molecule has 0 saturated heterocycles. The van der Waals surface area contributed by atoms with Crippen molar-refractivity contribution in [2.75, 3.05) is 23.7 Å². The molecule has 1 rings (SSSR count). The number of carbonyl (C=O) groups excluding carboxylic acids is 3. The molecule has 3 atom stereocenters. The van der Waals surface area contributed by atoms with Crippen molar-refractivity contribution in [3.05, 3.63) is 17.7 Å². The maximum absolute atomic E-state index is 13.2. The van der Waals surface area contributed by atoms with Crippen molar-refractivity contribution in [1.29, 1.82) is 0 Å². The zero-order valence-corrected chi connectivity index (χ0v) is 21.5. The third kappa shape index (κ3) is 10.3. The molecule has 0 aliphatic rings. The number of anilines is 1. The molecule has 1 aromatic rings. The van der Waals surface area contributed by atoms with Gasteiger partial charge in [-0.3, -0.25) is 28.9 Å². The Morgan fingerprint density at radius 1 is 0.923 bits per heavy atom. The molecule has 16 nitrogen and oxygen atoms in total. The van der Waals surface area contributed by atoms with E-state index in [9.17, 15) is 49.2 Å². The van der Waals surface area contributed by atoms with Crippen LogP contribution in [-0.2, 0) is 35.2 Å². The van der Waals surface area contributed by atoms with E-state index in [0.29, 0.717) is 4.90 Å². The highest BCUT2D eigenvalue weighted by atomic mass is 32.1. The van der Waals surface area contributed by atoms with E-state index in [0.717, 1.165) is 12.1 Å². The molecular formula is C22H31N5O11S. The first-order chi connectivity index (χ1) is 18.2. The first kappa shape index (κ1) is 32.9. The normalized spacial score (nSPS) is 13.0. The standard InChI is InChI=1S/C22H31N5O11S/c23-4-3-17(30)25-12(22(37)38)5-10-6-14(19(33)15(28)7-10)27(8-18(31)32)20(34)13(9-39)26-16(29)2-1-11(24)21(35)36/h6-7,11-13,28,33,39H,1-5,8-9,23-24H2,(H,25,30)(H,26,29)(H,31,32)(H,35,36)(H,37,38). The average molecular weight is 574 g/mol. The van der Waals surface area contributed by atoms with Crippen molar-refractivity contribution in [1.82, 2.24) is 10.6 Å². The number of hydrogen-bond donors (Lipinski definition) is 10. The van der Waals surface area contributed by atoms with Gasteiger partial charge in [-0.25, -0.2) is 4.79 Å². The Bertz CT molecular complexity index is 1100. The maximum atomic E-state index is 13.2. The highest BCUT2D eigenvalue weighted by molar-refractivity contribution is 7.80. The van der Waals surface area contributed by atoms with Crippen LogP contribution in [0.2, 0.25) is 0 Å². The summed E-state index contributed by atoms with van der Waals surface area (Å²) >= 11 is 4.00. The van der Waals surface area contributed by atoms with Gasteiger partial charge in [0.2, 0.25) is 11.8 Å². The number of nitrogens with one attached hydrogen (secondary N) is 2. The van der Waals surface area contributed by atoms with Crippen molar-refractivity contribution < 1.29 is 54.3 Å². The van der Waals surface area contributed by atoms with Gasteiger partial charge in [-0.2, -0.15) is 12.6 Å². The molecule has 0 spiro atoms. The van der Waals surface area contributed by atoms with Gasteiger partial charge in [0.15, 0.2) is 11.5 Å². The van der Waals surface area contributed by atoms with Gasteiger partial charge in [0, 0.05) is 31.6 Å². The predicted molar refractivity (Wildman–Crippen MR) is 137 cm³/mol. The number of aromatic hydroxyl groups is 2. The van der Waals surface area contributed by atoms with Crippen molar-refractivity contribution in [3.8, 4) is 11.5 Å². The van der Waals surface area contributed by atoms with E-state index in [1.807, 2.05) is 0 Å². The van der Waals surface area contributed by atoms with E-state index < -0.39 is 83.9 Å². The molecule has 17 heteroatoms. The molecular weight excluding hydrogens is 542 g/mol. The molecule has 0 radical (unpaired) electrons. The van der Waals surface area contributed by atoms with Gasteiger partial charge in [0.05, 0.1) is 5.69 Å². The second kappa shape index (κ2) is 15.4. The number of thiol groups is 1. The largest absolute Gasteiger partial charge is 0.504 e. The number of amides is 3. The summed E-state index contributed by atoms with van der Waals surface area (Å²) in [5.41, 5.74) is 10.1. The van der Waals surface area contributed by atoms with Crippen molar-refractivity contribution in [2.45, 2.75) is 43.8 Å². The minimum atomic E-state index is -1.54. The first-order valence-electron chi connectivity index (χ1n) is 11.4. The number of hydrogen-bond acceptors (Lipinski definition) is 11. The number of aliphatic carboxylic acids is 3. The Morgan fingerprint density at radius 3 is 2.03 bits per heavy atom. The number of carboxylic acids is 3. The van der Waals surface area contributed by atoms with Gasteiger partial charge in [0.1, 0.15) is 24.7 Å². The second-order valence-electron chi connectivity index (χ2n) is 8.29. The van der Waals surface area contributed by atoms with E-state index in [-0.39, 0.29) is 37.1 Å². The second-order valence-corrected chi connectivity index (χ2v) is 8.65. The van der Waals surface area contributed by atoms with E-state index in [1.165, 1.54) is 0 Å². The number of carbonyl (C=O) groups is 6. The van der Waals surface area contributed by atoms with Crippen LogP contribution in [0.4, 0.5) is 5.69 Å². The fourth-order valence-electron chi connectivity index (χ4n) is 3.29. The predicted octanol–water partition coefficient (Wildman–Crippen LogP) is -2.42. The molecule has 0 saturated carbocycles. The summed E-state index contributed by atoms with van der Waals surface area (Å²) in [6.07, 6.45) is -1.22. The lowest BCUT2D eigenvalue weighted by molar-refractivity contribution is -0.141. The van der Waals surface area contributed by atoms with Crippen molar-refractivity contribution >= 4 is 53.9 Å². The Labute approximate surface area is 227 Å². The molecule has 0 aliphatic carbocycles. The molecule has 1 aromatic carbocycles. The van der Waals surface area contributed by atoms with Gasteiger partial charge in [-0.15, -0.1) is 0 Å². The van der Waals surface area contributed by atoms with Crippen molar-refractivity contribution in [3.63, 3.8) is 0 Å². The monoisotopic (exact) mass is 573 g/mol. The highest BCUT2D eigenvalue weighted by Crippen LogP contribution is 2.38.